The fourth-order valence-electron chi connectivity index (χ4n) is 7.29. The van der Waals surface area contributed by atoms with E-state index < -0.39 is 0 Å². The van der Waals surface area contributed by atoms with Gasteiger partial charge in [-0.05, 0) is 68.9 Å². The number of hydrogen-bond acceptors (Lipinski definition) is 9. The van der Waals surface area contributed by atoms with Crippen molar-refractivity contribution in [1.82, 2.24) is 29.6 Å². The maximum absolute atomic E-state index is 14.0. The second-order valence-electron chi connectivity index (χ2n) is 13.4. The van der Waals surface area contributed by atoms with Gasteiger partial charge in [0.25, 0.3) is 0 Å². The van der Waals surface area contributed by atoms with Crippen LogP contribution in [0.5, 0.6) is 17.2 Å². The monoisotopic (exact) mass is 816 g/mol. The van der Waals surface area contributed by atoms with E-state index in [4.69, 9.17) is 19.3 Å². The molecule has 0 aliphatic heterocycles. The molecule has 0 saturated carbocycles. The summed E-state index contributed by atoms with van der Waals surface area (Å²) in [6, 6.07) is 27.5. The molecule has 0 radical (unpaired) electrons. The van der Waals surface area contributed by atoms with Crippen molar-refractivity contribution in [3.05, 3.63) is 120 Å². The summed E-state index contributed by atoms with van der Waals surface area (Å²) in [4.78, 5) is 22.9. The standard InChI is InChI=1S/C44H45BrN6O5/c1-4-54-44(53)42-33(19-11-24-55-39-21-9-14-29-13-5-6-15-31(29)39)32-17-10-18-35(41(32)51(42)23-12-22-46-2)40-36(49-50(3)37(40)25-45)28-56-30-26-47-43(48-27-30)34-16-7-8-20-38(34)52/h5-10,13-18,20-21,26-27,46,52H,4,11-12,19,22-25,28H2,1-3H3. The summed E-state index contributed by atoms with van der Waals surface area (Å²) in [5, 5.41) is 22.2. The highest BCUT2D eigenvalue weighted by molar-refractivity contribution is 9.08. The Morgan fingerprint density at radius 1 is 0.893 bits per heavy atom. The summed E-state index contributed by atoms with van der Waals surface area (Å²) in [5.74, 6) is 1.47. The van der Waals surface area contributed by atoms with E-state index in [2.05, 4.69) is 66.1 Å². The Hall–Kier alpha value is -5.72. The van der Waals surface area contributed by atoms with E-state index in [1.807, 2.05) is 62.1 Å². The topological polar surface area (TPSA) is 126 Å². The number of phenols is 1. The second kappa shape index (κ2) is 17.8. The molecule has 0 aliphatic rings. The van der Waals surface area contributed by atoms with Gasteiger partial charge in [0.1, 0.15) is 29.5 Å². The highest BCUT2D eigenvalue weighted by Gasteiger charge is 2.28. The van der Waals surface area contributed by atoms with Crippen LogP contribution in [-0.2, 0) is 36.7 Å². The molecule has 7 rings (SSSR count). The van der Waals surface area contributed by atoms with Gasteiger partial charge in [-0.25, -0.2) is 14.8 Å². The van der Waals surface area contributed by atoms with Crippen LogP contribution in [0.15, 0.2) is 97.3 Å². The van der Waals surface area contributed by atoms with Gasteiger partial charge in [-0.3, -0.25) is 4.68 Å². The second-order valence-corrected chi connectivity index (χ2v) is 13.9. The SMILES string of the molecule is CCOC(=O)c1c(CCCOc2cccc3ccccc23)c2cccc(-c3c(COc4cnc(-c5ccccc5O)nc4)nn(C)c3CBr)c2n1CCCNC. The minimum atomic E-state index is -0.341. The number of carbonyl (C=O) groups is 1. The lowest BCUT2D eigenvalue weighted by Crippen LogP contribution is -2.17. The molecule has 0 aliphatic carbocycles. The highest BCUT2D eigenvalue weighted by atomic mass is 79.9. The number of benzene rings is 4. The number of ether oxygens (including phenoxy) is 3. The minimum Gasteiger partial charge on any atom is -0.507 e. The predicted octanol–water partition coefficient (Wildman–Crippen LogP) is 8.63. The van der Waals surface area contributed by atoms with Crippen LogP contribution in [0, 0.1) is 0 Å². The van der Waals surface area contributed by atoms with Gasteiger partial charge in [0.15, 0.2) is 11.6 Å². The summed E-state index contributed by atoms with van der Waals surface area (Å²) < 4.78 is 22.4. The first kappa shape index (κ1) is 38.6. The number of alkyl halides is 1. The molecule has 56 heavy (non-hydrogen) atoms. The number of phenolic OH excluding ortho intramolecular Hbond substituents is 1. The number of para-hydroxylation sites is 2. The molecule has 2 N–H and O–H groups in total. The van der Waals surface area contributed by atoms with Crippen LogP contribution < -0.4 is 14.8 Å². The number of aromatic hydroxyl groups is 1. The Balaban J connectivity index is 1.25. The van der Waals surface area contributed by atoms with Crippen LogP contribution in [0.3, 0.4) is 0 Å². The molecule has 0 spiro atoms. The van der Waals surface area contributed by atoms with Crippen molar-refractivity contribution < 1.29 is 24.1 Å². The summed E-state index contributed by atoms with van der Waals surface area (Å²) in [5.41, 5.74) is 6.56. The molecule has 12 heteroatoms. The Bertz CT molecular complexity index is 2450. The van der Waals surface area contributed by atoms with Crippen LogP contribution in [0.1, 0.15) is 47.2 Å². The lowest BCUT2D eigenvalue weighted by Gasteiger charge is -2.14. The lowest BCUT2D eigenvalue weighted by molar-refractivity contribution is 0.0512. The van der Waals surface area contributed by atoms with Gasteiger partial charge in [-0.15, -0.1) is 0 Å². The third-order valence-electron chi connectivity index (χ3n) is 9.83. The number of hydrogen-bond donors (Lipinski definition) is 2. The van der Waals surface area contributed by atoms with E-state index in [0.29, 0.717) is 54.2 Å². The van der Waals surface area contributed by atoms with Gasteiger partial charge >= 0.3 is 5.97 Å². The van der Waals surface area contributed by atoms with E-state index in [0.717, 1.165) is 68.5 Å². The number of nitrogens with one attached hydrogen (secondary N) is 1. The number of carbonyl (C=O) groups excluding carboxylic acids is 1. The molecule has 3 aromatic heterocycles. The lowest BCUT2D eigenvalue weighted by atomic mass is 9.98. The third-order valence-corrected chi connectivity index (χ3v) is 10.4. The van der Waals surface area contributed by atoms with Gasteiger partial charge in [0.2, 0.25) is 0 Å². The molecule has 11 nitrogen and oxygen atoms in total. The summed E-state index contributed by atoms with van der Waals surface area (Å²) in [6.07, 6.45) is 5.30. The highest BCUT2D eigenvalue weighted by Crippen LogP contribution is 2.40. The third kappa shape index (κ3) is 7.98. The molecule has 0 fully saturated rings. The van der Waals surface area contributed by atoms with Crippen LogP contribution in [-0.4, -0.2) is 62.2 Å². The molecule has 0 bridgehead atoms. The zero-order valence-corrected chi connectivity index (χ0v) is 33.4. The molecule has 0 saturated heterocycles. The van der Waals surface area contributed by atoms with Gasteiger partial charge < -0.3 is 29.2 Å². The molecule has 0 unspecified atom stereocenters. The van der Waals surface area contributed by atoms with E-state index in [9.17, 15) is 9.90 Å². The number of fused-ring (bicyclic) bond motifs is 2. The van der Waals surface area contributed by atoms with Crippen LogP contribution in [0.25, 0.3) is 44.2 Å². The van der Waals surface area contributed by atoms with Crippen molar-refractivity contribution in [2.45, 2.75) is 44.7 Å². The van der Waals surface area contributed by atoms with Crippen molar-refractivity contribution in [3.63, 3.8) is 0 Å². The Morgan fingerprint density at radius 3 is 2.41 bits per heavy atom. The first-order valence-corrected chi connectivity index (χ1v) is 20.0. The van der Waals surface area contributed by atoms with Crippen LogP contribution >= 0.6 is 15.9 Å². The normalized spacial score (nSPS) is 11.4. The fraction of sp³-hybridized carbons (Fsp3) is 0.273. The average Bonchev–Trinajstić information content (AvgIpc) is 3.72. The minimum absolute atomic E-state index is 0.106. The van der Waals surface area contributed by atoms with Crippen LogP contribution in [0.4, 0.5) is 0 Å². The van der Waals surface area contributed by atoms with Gasteiger partial charge in [-0.2, -0.15) is 5.10 Å². The van der Waals surface area contributed by atoms with Crippen LogP contribution in [0.2, 0.25) is 0 Å². The first-order valence-electron chi connectivity index (χ1n) is 18.8. The Labute approximate surface area is 334 Å². The largest absolute Gasteiger partial charge is 0.507 e. The van der Waals surface area contributed by atoms with Gasteiger partial charge in [-0.1, -0.05) is 82.7 Å². The zero-order valence-electron chi connectivity index (χ0n) is 31.8. The molecule has 7 aromatic rings. The number of aromatic nitrogens is 5. The van der Waals surface area contributed by atoms with E-state index in [1.165, 1.54) is 0 Å². The van der Waals surface area contributed by atoms with Gasteiger partial charge in [0.05, 0.1) is 42.4 Å². The molecular weight excluding hydrogens is 772 g/mol. The van der Waals surface area contributed by atoms with Crippen molar-refractivity contribution in [1.29, 1.82) is 0 Å². The molecular formula is C44H45BrN6O5. The van der Waals surface area contributed by atoms with Crippen molar-refractivity contribution >= 4 is 43.6 Å². The first-order chi connectivity index (χ1) is 27.4. The fourth-order valence-corrected chi connectivity index (χ4v) is 7.93. The van der Waals surface area contributed by atoms with Gasteiger partial charge in [0, 0.05) is 40.8 Å². The number of aryl methyl sites for hydroxylation is 3. The van der Waals surface area contributed by atoms with Crippen molar-refractivity contribution in [2.75, 3.05) is 26.8 Å². The van der Waals surface area contributed by atoms with Crippen molar-refractivity contribution in [2.24, 2.45) is 7.05 Å². The average molecular weight is 818 g/mol. The maximum atomic E-state index is 14.0. The van der Waals surface area contributed by atoms with E-state index >= 15 is 0 Å². The zero-order chi connectivity index (χ0) is 39.0. The molecule has 3 heterocycles. The van der Waals surface area contributed by atoms with Crippen molar-refractivity contribution in [3.8, 4) is 39.8 Å². The number of halogens is 1. The summed E-state index contributed by atoms with van der Waals surface area (Å²) in [6.45, 7) is 4.12. The number of esters is 1. The smallest absolute Gasteiger partial charge is 0.355 e. The number of nitrogens with zero attached hydrogens (tertiary/aromatic N) is 5. The molecule has 0 amide bonds. The van der Waals surface area contributed by atoms with E-state index in [-0.39, 0.29) is 24.9 Å². The summed E-state index contributed by atoms with van der Waals surface area (Å²) in [7, 11) is 3.85. The summed E-state index contributed by atoms with van der Waals surface area (Å²) >= 11 is 3.73. The molecule has 0 atom stereocenters. The van der Waals surface area contributed by atoms with E-state index in [1.54, 1.807) is 30.6 Å². The molecule has 4 aromatic carbocycles. The molecule has 288 valence electrons. The predicted molar refractivity (Wildman–Crippen MR) is 222 cm³/mol. The maximum Gasteiger partial charge on any atom is 0.355 e. The quantitative estimate of drug-likeness (QED) is 0.0528. The Morgan fingerprint density at radius 2 is 1.62 bits per heavy atom. The Kier molecular flexibility index (Phi) is 12.3. The number of rotatable bonds is 17.